The van der Waals surface area contributed by atoms with Gasteiger partial charge in [-0.05, 0) is 25.3 Å². The molecule has 17 heavy (non-hydrogen) atoms. The Morgan fingerprint density at radius 3 is 2.65 bits per heavy atom. The van der Waals surface area contributed by atoms with Gasteiger partial charge in [0.1, 0.15) is 6.04 Å². The summed E-state index contributed by atoms with van der Waals surface area (Å²) in [5, 5.41) is 3.27. The summed E-state index contributed by atoms with van der Waals surface area (Å²) in [6.07, 6.45) is 4.07. The van der Waals surface area contributed by atoms with E-state index < -0.39 is 0 Å². The van der Waals surface area contributed by atoms with E-state index in [1.165, 1.54) is 7.11 Å². The number of ether oxygens (including phenoxy) is 1. The van der Waals surface area contributed by atoms with Crippen molar-refractivity contribution >= 4 is 5.97 Å². The summed E-state index contributed by atoms with van der Waals surface area (Å²) in [7, 11) is 1.42. The SMILES string of the molecule is COC(=O)C(CC(C)C)NC(C)c1ccoc1. The number of rotatable bonds is 6. The van der Waals surface area contributed by atoms with Crippen LogP contribution in [0.4, 0.5) is 0 Å². The lowest BCUT2D eigenvalue weighted by molar-refractivity contribution is -0.143. The number of carbonyl (C=O) groups excluding carboxylic acids is 1. The summed E-state index contributed by atoms with van der Waals surface area (Å²) >= 11 is 0. The minimum atomic E-state index is -0.273. The largest absolute Gasteiger partial charge is 0.472 e. The second kappa shape index (κ2) is 6.45. The fraction of sp³-hybridized carbons (Fsp3) is 0.615. The van der Waals surface area contributed by atoms with Gasteiger partial charge in [-0.3, -0.25) is 10.1 Å². The van der Waals surface area contributed by atoms with E-state index in [9.17, 15) is 4.79 Å². The Morgan fingerprint density at radius 2 is 2.18 bits per heavy atom. The smallest absolute Gasteiger partial charge is 0.322 e. The van der Waals surface area contributed by atoms with Gasteiger partial charge in [0.25, 0.3) is 0 Å². The van der Waals surface area contributed by atoms with Crippen molar-refractivity contribution in [1.82, 2.24) is 5.32 Å². The van der Waals surface area contributed by atoms with E-state index in [1.807, 2.05) is 13.0 Å². The summed E-state index contributed by atoms with van der Waals surface area (Å²) in [6, 6.07) is 1.68. The molecular weight excluding hydrogens is 218 g/mol. The van der Waals surface area contributed by atoms with Crippen LogP contribution in [0.1, 0.15) is 38.8 Å². The summed E-state index contributed by atoms with van der Waals surface area (Å²) in [6.45, 7) is 6.17. The van der Waals surface area contributed by atoms with Crippen LogP contribution in [0.5, 0.6) is 0 Å². The maximum Gasteiger partial charge on any atom is 0.322 e. The molecule has 1 aromatic heterocycles. The summed E-state index contributed by atoms with van der Waals surface area (Å²) in [4.78, 5) is 11.6. The molecular formula is C13H21NO3. The number of esters is 1. The van der Waals surface area contributed by atoms with Gasteiger partial charge in [0.15, 0.2) is 0 Å². The molecule has 4 heteroatoms. The molecule has 0 radical (unpaired) electrons. The van der Waals surface area contributed by atoms with Crippen molar-refractivity contribution in [2.45, 2.75) is 39.3 Å². The Hall–Kier alpha value is -1.29. The van der Waals surface area contributed by atoms with Crippen LogP contribution in [0.15, 0.2) is 23.0 Å². The van der Waals surface area contributed by atoms with Crippen LogP contribution < -0.4 is 5.32 Å². The van der Waals surface area contributed by atoms with E-state index >= 15 is 0 Å². The van der Waals surface area contributed by atoms with E-state index in [0.29, 0.717) is 5.92 Å². The maximum absolute atomic E-state index is 11.6. The molecule has 0 saturated heterocycles. The number of nitrogens with one attached hydrogen (secondary N) is 1. The van der Waals surface area contributed by atoms with Gasteiger partial charge in [-0.1, -0.05) is 13.8 Å². The van der Waals surface area contributed by atoms with Crippen LogP contribution in [0.2, 0.25) is 0 Å². The van der Waals surface area contributed by atoms with Crippen molar-refractivity contribution < 1.29 is 13.9 Å². The topological polar surface area (TPSA) is 51.5 Å². The lowest BCUT2D eigenvalue weighted by Gasteiger charge is -2.22. The van der Waals surface area contributed by atoms with E-state index in [0.717, 1.165) is 12.0 Å². The Balaban J connectivity index is 2.62. The zero-order valence-electron chi connectivity index (χ0n) is 10.9. The van der Waals surface area contributed by atoms with Gasteiger partial charge in [0.05, 0.1) is 19.6 Å². The molecule has 0 aromatic carbocycles. The Bertz CT molecular complexity index is 332. The van der Waals surface area contributed by atoms with Crippen LogP contribution in [-0.2, 0) is 9.53 Å². The van der Waals surface area contributed by atoms with Gasteiger partial charge in [0, 0.05) is 11.6 Å². The van der Waals surface area contributed by atoms with E-state index in [4.69, 9.17) is 9.15 Å². The third-order valence-electron chi connectivity index (χ3n) is 2.69. The Kier molecular flexibility index (Phi) is 5.22. The maximum atomic E-state index is 11.6. The monoisotopic (exact) mass is 239 g/mol. The normalized spacial score (nSPS) is 14.6. The van der Waals surface area contributed by atoms with Crippen LogP contribution >= 0.6 is 0 Å². The zero-order valence-corrected chi connectivity index (χ0v) is 10.9. The molecule has 1 aromatic rings. The standard InChI is InChI=1S/C13H21NO3/c1-9(2)7-12(13(15)16-4)14-10(3)11-5-6-17-8-11/h5-6,8-10,12,14H,7H2,1-4H3. The molecule has 0 aliphatic rings. The molecule has 1 heterocycles. The molecule has 0 amide bonds. The van der Waals surface area contributed by atoms with Crippen molar-refractivity contribution in [2.75, 3.05) is 7.11 Å². The molecule has 0 bridgehead atoms. The quantitative estimate of drug-likeness (QED) is 0.775. The van der Waals surface area contributed by atoms with E-state index in [-0.39, 0.29) is 18.1 Å². The van der Waals surface area contributed by atoms with Crippen molar-refractivity contribution in [1.29, 1.82) is 0 Å². The summed E-state index contributed by atoms with van der Waals surface area (Å²) in [5.41, 5.74) is 1.03. The highest BCUT2D eigenvalue weighted by atomic mass is 16.5. The number of hydrogen-bond donors (Lipinski definition) is 1. The third-order valence-corrected chi connectivity index (χ3v) is 2.69. The predicted molar refractivity (Wildman–Crippen MR) is 65.5 cm³/mol. The van der Waals surface area contributed by atoms with Gasteiger partial charge in [-0.15, -0.1) is 0 Å². The predicted octanol–water partition coefficient (Wildman–Crippen LogP) is 2.52. The van der Waals surface area contributed by atoms with Gasteiger partial charge in [0.2, 0.25) is 0 Å². The van der Waals surface area contributed by atoms with Crippen molar-refractivity contribution in [3.05, 3.63) is 24.2 Å². The first-order chi connectivity index (χ1) is 8.04. The number of furan rings is 1. The highest BCUT2D eigenvalue weighted by Crippen LogP contribution is 2.16. The van der Waals surface area contributed by atoms with Gasteiger partial charge < -0.3 is 9.15 Å². The highest BCUT2D eigenvalue weighted by molar-refractivity contribution is 5.75. The molecule has 0 aliphatic carbocycles. The van der Waals surface area contributed by atoms with Crippen molar-refractivity contribution in [2.24, 2.45) is 5.92 Å². The minimum Gasteiger partial charge on any atom is -0.472 e. The molecule has 1 N–H and O–H groups in total. The molecule has 1 rings (SSSR count). The summed E-state index contributed by atoms with van der Waals surface area (Å²) < 4.78 is 9.84. The van der Waals surface area contributed by atoms with Gasteiger partial charge in [-0.2, -0.15) is 0 Å². The Labute approximate surface area is 102 Å². The van der Waals surface area contributed by atoms with Crippen LogP contribution in [0.3, 0.4) is 0 Å². The number of carbonyl (C=O) groups is 1. The van der Waals surface area contributed by atoms with E-state index in [1.54, 1.807) is 12.5 Å². The molecule has 0 fully saturated rings. The second-order valence-corrected chi connectivity index (χ2v) is 4.65. The average molecular weight is 239 g/mol. The molecule has 96 valence electrons. The van der Waals surface area contributed by atoms with Crippen LogP contribution in [0, 0.1) is 5.92 Å². The van der Waals surface area contributed by atoms with Crippen molar-refractivity contribution in [3.63, 3.8) is 0 Å². The third kappa shape index (κ3) is 4.23. The number of methoxy groups -OCH3 is 1. The lowest BCUT2D eigenvalue weighted by atomic mass is 10.0. The Morgan fingerprint density at radius 1 is 1.47 bits per heavy atom. The fourth-order valence-corrected chi connectivity index (χ4v) is 1.77. The zero-order chi connectivity index (χ0) is 12.8. The average Bonchev–Trinajstić information content (AvgIpc) is 2.79. The minimum absolute atomic E-state index is 0.0663. The van der Waals surface area contributed by atoms with Gasteiger partial charge >= 0.3 is 5.97 Å². The molecule has 2 unspecified atom stereocenters. The lowest BCUT2D eigenvalue weighted by Crippen LogP contribution is -2.40. The fourth-order valence-electron chi connectivity index (χ4n) is 1.77. The second-order valence-electron chi connectivity index (χ2n) is 4.65. The summed E-state index contributed by atoms with van der Waals surface area (Å²) in [5.74, 6) is 0.220. The molecule has 4 nitrogen and oxygen atoms in total. The first-order valence-corrected chi connectivity index (χ1v) is 5.90. The van der Waals surface area contributed by atoms with Gasteiger partial charge in [-0.25, -0.2) is 0 Å². The number of hydrogen-bond acceptors (Lipinski definition) is 4. The molecule has 0 spiro atoms. The van der Waals surface area contributed by atoms with Crippen LogP contribution in [-0.4, -0.2) is 19.1 Å². The first-order valence-electron chi connectivity index (χ1n) is 5.90. The van der Waals surface area contributed by atoms with Crippen LogP contribution in [0.25, 0.3) is 0 Å². The molecule has 0 saturated carbocycles. The first kappa shape index (κ1) is 13.8. The molecule has 2 atom stereocenters. The van der Waals surface area contributed by atoms with E-state index in [2.05, 4.69) is 19.2 Å². The van der Waals surface area contributed by atoms with Crippen molar-refractivity contribution in [3.8, 4) is 0 Å². The molecule has 0 aliphatic heterocycles. The highest BCUT2D eigenvalue weighted by Gasteiger charge is 2.22.